The quantitative estimate of drug-likeness (QED) is 0.845. The SMILES string of the molecule is CCC1CCCCN1C(=O)c1ccc(Nc2cc(Cl)ccc2OC)nn1. The fraction of sp³-hybridized carbons (Fsp3) is 0.421. The van der Waals surface area contributed by atoms with Crippen molar-refractivity contribution in [3.8, 4) is 5.75 Å². The van der Waals surface area contributed by atoms with Crippen molar-refractivity contribution in [3.63, 3.8) is 0 Å². The number of rotatable bonds is 5. The summed E-state index contributed by atoms with van der Waals surface area (Å²) >= 11 is 6.04. The lowest BCUT2D eigenvalue weighted by molar-refractivity contribution is 0.0601. The predicted molar refractivity (Wildman–Crippen MR) is 102 cm³/mol. The Morgan fingerprint density at radius 2 is 2.15 bits per heavy atom. The van der Waals surface area contributed by atoms with Crippen LogP contribution in [-0.4, -0.2) is 40.7 Å². The number of hydrogen-bond donors (Lipinski definition) is 1. The van der Waals surface area contributed by atoms with E-state index in [1.807, 2.05) is 4.90 Å². The number of carbonyl (C=O) groups excluding carboxylic acids is 1. The lowest BCUT2D eigenvalue weighted by Crippen LogP contribution is -2.43. The Hall–Kier alpha value is -2.34. The molecule has 26 heavy (non-hydrogen) atoms. The minimum Gasteiger partial charge on any atom is -0.495 e. The van der Waals surface area contributed by atoms with Gasteiger partial charge in [0.2, 0.25) is 0 Å². The van der Waals surface area contributed by atoms with E-state index in [2.05, 4.69) is 22.4 Å². The topological polar surface area (TPSA) is 67.4 Å². The summed E-state index contributed by atoms with van der Waals surface area (Å²) in [4.78, 5) is 14.7. The number of aromatic nitrogens is 2. The maximum absolute atomic E-state index is 12.7. The van der Waals surface area contributed by atoms with E-state index in [0.29, 0.717) is 34.0 Å². The molecule has 3 rings (SSSR count). The Kier molecular flexibility index (Phi) is 5.93. The molecule has 0 spiro atoms. The molecular weight excluding hydrogens is 352 g/mol. The molecule has 0 aliphatic carbocycles. The van der Waals surface area contributed by atoms with Gasteiger partial charge in [-0.3, -0.25) is 4.79 Å². The Morgan fingerprint density at radius 1 is 1.31 bits per heavy atom. The molecule has 1 saturated heterocycles. The fourth-order valence-electron chi connectivity index (χ4n) is 3.27. The molecule has 138 valence electrons. The second kappa shape index (κ2) is 8.36. The van der Waals surface area contributed by atoms with Gasteiger partial charge in [0.15, 0.2) is 11.5 Å². The summed E-state index contributed by atoms with van der Waals surface area (Å²) in [6.07, 6.45) is 4.25. The summed E-state index contributed by atoms with van der Waals surface area (Å²) in [5.41, 5.74) is 1.06. The summed E-state index contributed by atoms with van der Waals surface area (Å²) in [5.74, 6) is 1.12. The van der Waals surface area contributed by atoms with Gasteiger partial charge < -0.3 is 15.0 Å². The number of piperidine rings is 1. The third-order valence-electron chi connectivity index (χ3n) is 4.67. The fourth-order valence-corrected chi connectivity index (χ4v) is 3.44. The van der Waals surface area contributed by atoms with Crippen molar-refractivity contribution in [1.29, 1.82) is 0 Å². The van der Waals surface area contributed by atoms with E-state index in [1.165, 1.54) is 6.42 Å². The highest BCUT2D eigenvalue weighted by Gasteiger charge is 2.27. The van der Waals surface area contributed by atoms with Gasteiger partial charge in [-0.05, 0) is 56.0 Å². The Labute approximate surface area is 158 Å². The lowest BCUT2D eigenvalue weighted by Gasteiger charge is -2.34. The van der Waals surface area contributed by atoms with Crippen LogP contribution in [0.25, 0.3) is 0 Å². The molecule has 1 amide bonds. The number of hydrogen-bond acceptors (Lipinski definition) is 5. The van der Waals surface area contributed by atoms with Gasteiger partial charge in [0.05, 0.1) is 12.8 Å². The summed E-state index contributed by atoms with van der Waals surface area (Å²) in [6, 6.07) is 9.02. The van der Waals surface area contributed by atoms with E-state index in [-0.39, 0.29) is 5.91 Å². The second-order valence-electron chi connectivity index (χ2n) is 6.33. The molecule has 1 aliphatic rings. The molecule has 1 aromatic carbocycles. The van der Waals surface area contributed by atoms with Crippen LogP contribution in [0.5, 0.6) is 5.75 Å². The van der Waals surface area contributed by atoms with Gasteiger partial charge in [0.25, 0.3) is 5.91 Å². The average Bonchev–Trinajstić information content (AvgIpc) is 2.68. The number of ether oxygens (including phenoxy) is 1. The molecule has 0 radical (unpaired) electrons. The maximum atomic E-state index is 12.7. The number of nitrogens with zero attached hydrogens (tertiary/aromatic N) is 3. The normalized spacial score (nSPS) is 17.0. The summed E-state index contributed by atoms with van der Waals surface area (Å²) < 4.78 is 5.31. The van der Waals surface area contributed by atoms with Gasteiger partial charge >= 0.3 is 0 Å². The Bertz CT molecular complexity index is 767. The first-order chi connectivity index (χ1) is 12.6. The summed E-state index contributed by atoms with van der Waals surface area (Å²) in [5, 5.41) is 12.0. The predicted octanol–water partition coefficient (Wildman–Crippen LogP) is 4.29. The average molecular weight is 375 g/mol. The van der Waals surface area contributed by atoms with Gasteiger partial charge in [0.1, 0.15) is 5.75 Å². The molecule has 1 aromatic heterocycles. The minimum absolute atomic E-state index is 0.0454. The number of likely N-dealkylation sites (tertiary alicyclic amines) is 1. The molecule has 1 fully saturated rings. The van der Waals surface area contributed by atoms with Crippen LogP contribution in [0.3, 0.4) is 0 Å². The summed E-state index contributed by atoms with van der Waals surface area (Å²) in [7, 11) is 1.59. The molecule has 7 heteroatoms. The molecule has 1 aliphatic heterocycles. The highest BCUT2D eigenvalue weighted by molar-refractivity contribution is 6.31. The number of carbonyl (C=O) groups is 1. The third-order valence-corrected chi connectivity index (χ3v) is 4.90. The van der Waals surface area contributed by atoms with Crippen LogP contribution >= 0.6 is 11.6 Å². The number of anilines is 2. The molecular formula is C19H23ClN4O2. The van der Waals surface area contributed by atoms with E-state index in [0.717, 1.165) is 25.8 Å². The van der Waals surface area contributed by atoms with Crippen molar-refractivity contribution in [3.05, 3.63) is 41.0 Å². The molecule has 2 aromatic rings. The maximum Gasteiger partial charge on any atom is 0.274 e. The molecule has 6 nitrogen and oxygen atoms in total. The van der Waals surface area contributed by atoms with Crippen LogP contribution in [0.15, 0.2) is 30.3 Å². The van der Waals surface area contributed by atoms with Crippen molar-refractivity contribution >= 4 is 29.0 Å². The van der Waals surface area contributed by atoms with Gasteiger partial charge in [0, 0.05) is 17.6 Å². The van der Waals surface area contributed by atoms with Crippen LogP contribution in [0.1, 0.15) is 43.1 Å². The van der Waals surface area contributed by atoms with E-state index in [1.54, 1.807) is 37.4 Å². The largest absolute Gasteiger partial charge is 0.495 e. The van der Waals surface area contributed by atoms with E-state index < -0.39 is 0 Å². The molecule has 1 atom stereocenters. The zero-order valence-corrected chi connectivity index (χ0v) is 15.8. The van der Waals surface area contributed by atoms with Crippen molar-refractivity contribution < 1.29 is 9.53 Å². The first kappa shape index (κ1) is 18.5. The van der Waals surface area contributed by atoms with Crippen LogP contribution in [-0.2, 0) is 0 Å². The monoisotopic (exact) mass is 374 g/mol. The van der Waals surface area contributed by atoms with E-state index >= 15 is 0 Å². The molecule has 1 unspecified atom stereocenters. The zero-order chi connectivity index (χ0) is 18.5. The van der Waals surface area contributed by atoms with Crippen molar-refractivity contribution in [2.75, 3.05) is 19.0 Å². The van der Waals surface area contributed by atoms with Crippen LogP contribution in [0, 0.1) is 0 Å². The smallest absolute Gasteiger partial charge is 0.274 e. The number of halogens is 1. The number of amides is 1. The van der Waals surface area contributed by atoms with Gasteiger partial charge in [-0.25, -0.2) is 0 Å². The molecule has 2 heterocycles. The molecule has 0 saturated carbocycles. The van der Waals surface area contributed by atoms with Crippen LogP contribution in [0.4, 0.5) is 11.5 Å². The highest BCUT2D eigenvalue weighted by Crippen LogP contribution is 2.30. The van der Waals surface area contributed by atoms with Gasteiger partial charge in [-0.2, -0.15) is 0 Å². The molecule has 1 N–H and O–H groups in total. The van der Waals surface area contributed by atoms with Crippen molar-refractivity contribution in [2.45, 2.75) is 38.6 Å². The van der Waals surface area contributed by atoms with Gasteiger partial charge in [-0.1, -0.05) is 18.5 Å². The van der Waals surface area contributed by atoms with E-state index in [4.69, 9.17) is 16.3 Å². The standard InChI is InChI=1S/C19H23ClN4O2/c1-3-14-6-4-5-11-24(14)19(25)15-8-10-18(23-22-15)21-16-12-13(20)7-9-17(16)26-2/h7-10,12,14H,3-6,11H2,1-2H3,(H,21,23). The summed E-state index contributed by atoms with van der Waals surface area (Å²) in [6.45, 7) is 2.91. The Morgan fingerprint density at radius 3 is 2.85 bits per heavy atom. The van der Waals surface area contributed by atoms with Crippen molar-refractivity contribution in [1.82, 2.24) is 15.1 Å². The minimum atomic E-state index is -0.0454. The number of methoxy groups -OCH3 is 1. The second-order valence-corrected chi connectivity index (χ2v) is 6.77. The van der Waals surface area contributed by atoms with Gasteiger partial charge in [-0.15, -0.1) is 10.2 Å². The first-order valence-corrected chi connectivity index (χ1v) is 9.25. The lowest BCUT2D eigenvalue weighted by atomic mass is 9.99. The van der Waals surface area contributed by atoms with Crippen LogP contribution in [0.2, 0.25) is 5.02 Å². The zero-order valence-electron chi connectivity index (χ0n) is 15.0. The number of benzene rings is 1. The first-order valence-electron chi connectivity index (χ1n) is 8.87. The number of nitrogens with one attached hydrogen (secondary N) is 1. The Balaban J connectivity index is 1.74. The molecule has 0 bridgehead atoms. The van der Waals surface area contributed by atoms with Crippen molar-refractivity contribution in [2.24, 2.45) is 0 Å². The highest BCUT2D eigenvalue weighted by atomic mass is 35.5. The van der Waals surface area contributed by atoms with Crippen LogP contribution < -0.4 is 10.1 Å². The third kappa shape index (κ3) is 4.07. The van der Waals surface area contributed by atoms with E-state index in [9.17, 15) is 4.79 Å².